The molecular weight excluding hydrogens is 318 g/mol. The number of para-hydroxylation sites is 1. The Hall–Kier alpha value is -2.82. The molecule has 0 bridgehead atoms. The molecule has 0 aliphatic carbocycles. The number of ketones is 1. The van der Waals surface area contributed by atoms with Crippen molar-refractivity contribution in [3.05, 3.63) is 53.6 Å². The minimum absolute atomic E-state index is 0.117. The Labute approximate surface area is 147 Å². The van der Waals surface area contributed by atoms with Crippen LogP contribution in [0.3, 0.4) is 0 Å². The molecule has 0 aromatic heterocycles. The van der Waals surface area contributed by atoms with E-state index in [1.807, 2.05) is 24.3 Å². The van der Waals surface area contributed by atoms with Gasteiger partial charge in [0.05, 0.1) is 12.7 Å². The summed E-state index contributed by atoms with van der Waals surface area (Å²) < 4.78 is 10.9. The molecular formula is C20H21NO4. The highest BCUT2D eigenvalue weighted by Gasteiger charge is 2.23. The third-order valence-electron chi connectivity index (χ3n) is 4.33. The topological polar surface area (TPSA) is 55.8 Å². The third-order valence-corrected chi connectivity index (χ3v) is 4.33. The number of anilines is 1. The first kappa shape index (κ1) is 17.0. The Morgan fingerprint density at radius 1 is 1.16 bits per heavy atom. The van der Waals surface area contributed by atoms with Gasteiger partial charge in [0.15, 0.2) is 12.4 Å². The highest BCUT2D eigenvalue weighted by Crippen LogP contribution is 2.28. The number of hydrogen-bond donors (Lipinski definition) is 0. The molecule has 1 heterocycles. The molecule has 0 saturated carbocycles. The van der Waals surface area contributed by atoms with Crippen LogP contribution in [-0.4, -0.2) is 32.0 Å². The van der Waals surface area contributed by atoms with Gasteiger partial charge in [0.1, 0.15) is 11.5 Å². The van der Waals surface area contributed by atoms with Crippen LogP contribution in [0, 0.1) is 0 Å². The van der Waals surface area contributed by atoms with E-state index in [2.05, 4.69) is 0 Å². The van der Waals surface area contributed by atoms with Gasteiger partial charge in [-0.05, 0) is 43.5 Å². The summed E-state index contributed by atoms with van der Waals surface area (Å²) in [6.07, 6.45) is 1.91. The van der Waals surface area contributed by atoms with Crippen molar-refractivity contribution < 1.29 is 19.1 Å². The predicted octanol–water partition coefficient (Wildman–Crippen LogP) is 3.26. The first-order chi connectivity index (χ1) is 12.1. The lowest BCUT2D eigenvalue weighted by Gasteiger charge is -2.29. The molecule has 25 heavy (non-hydrogen) atoms. The van der Waals surface area contributed by atoms with Gasteiger partial charge in [0.25, 0.3) is 5.91 Å². The van der Waals surface area contributed by atoms with Gasteiger partial charge in [0.2, 0.25) is 0 Å². The van der Waals surface area contributed by atoms with Crippen LogP contribution in [0.15, 0.2) is 42.5 Å². The summed E-state index contributed by atoms with van der Waals surface area (Å²) in [5.74, 6) is 0.708. The number of hydrogen-bond acceptors (Lipinski definition) is 4. The van der Waals surface area contributed by atoms with Crippen LogP contribution < -0.4 is 14.4 Å². The van der Waals surface area contributed by atoms with Crippen LogP contribution in [0.2, 0.25) is 0 Å². The number of rotatable bonds is 5. The van der Waals surface area contributed by atoms with Gasteiger partial charge in [-0.25, -0.2) is 0 Å². The summed E-state index contributed by atoms with van der Waals surface area (Å²) in [6, 6.07) is 12.9. The van der Waals surface area contributed by atoms with Crippen molar-refractivity contribution in [2.45, 2.75) is 19.8 Å². The van der Waals surface area contributed by atoms with Crippen LogP contribution in [-0.2, 0) is 11.2 Å². The average molecular weight is 339 g/mol. The second-order valence-corrected chi connectivity index (χ2v) is 5.98. The van der Waals surface area contributed by atoms with E-state index in [0.717, 1.165) is 18.5 Å². The molecule has 1 aliphatic rings. The zero-order valence-electron chi connectivity index (χ0n) is 14.5. The van der Waals surface area contributed by atoms with E-state index >= 15 is 0 Å². The largest absolute Gasteiger partial charge is 0.497 e. The molecule has 0 unspecified atom stereocenters. The van der Waals surface area contributed by atoms with E-state index in [9.17, 15) is 9.59 Å². The van der Waals surface area contributed by atoms with Gasteiger partial charge in [-0.15, -0.1) is 0 Å². The molecule has 3 rings (SSSR count). The summed E-state index contributed by atoms with van der Waals surface area (Å²) in [5.41, 5.74) is 2.56. The molecule has 0 fully saturated rings. The number of aryl methyl sites for hydroxylation is 1. The quantitative estimate of drug-likeness (QED) is 0.785. The maximum atomic E-state index is 12.7. The van der Waals surface area contributed by atoms with Crippen LogP contribution in [0.5, 0.6) is 11.5 Å². The van der Waals surface area contributed by atoms with E-state index < -0.39 is 0 Å². The first-order valence-electron chi connectivity index (χ1n) is 8.30. The van der Waals surface area contributed by atoms with Crippen molar-refractivity contribution in [1.82, 2.24) is 0 Å². The second kappa shape index (κ2) is 7.38. The number of carbonyl (C=O) groups excluding carboxylic acids is 2. The maximum absolute atomic E-state index is 12.7. The maximum Gasteiger partial charge on any atom is 0.264 e. The summed E-state index contributed by atoms with van der Waals surface area (Å²) in [7, 11) is 1.54. The molecule has 0 saturated heterocycles. The SMILES string of the molecule is COc1ccc(C(C)=O)c(OCC(=O)N2CCCc3ccccc32)c1. The smallest absolute Gasteiger partial charge is 0.264 e. The van der Waals surface area contributed by atoms with Crippen LogP contribution >= 0.6 is 0 Å². The number of carbonyl (C=O) groups is 2. The van der Waals surface area contributed by atoms with E-state index in [0.29, 0.717) is 23.6 Å². The van der Waals surface area contributed by atoms with Crippen molar-refractivity contribution in [1.29, 1.82) is 0 Å². The third kappa shape index (κ3) is 3.65. The zero-order valence-corrected chi connectivity index (χ0v) is 14.5. The molecule has 1 aliphatic heterocycles. The van der Waals surface area contributed by atoms with Crippen molar-refractivity contribution in [2.75, 3.05) is 25.2 Å². The Kier molecular flexibility index (Phi) is 5.03. The number of methoxy groups -OCH3 is 1. The fourth-order valence-corrected chi connectivity index (χ4v) is 3.05. The summed E-state index contributed by atoms with van der Waals surface area (Å²) in [4.78, 5) is 26.2. The van der Waals surface area contributed by atoms with Gasteiger partial charge in [-0.1, -0.05) is 18.2 Å². The summed E-state index contributed by atoms with van der Waals surface area (Å²) >= 11 is 0. The first-order valence-corrected chi connectivity index (χ1v) is 8.30. The fourth-order valence-electron chi connectivity index (χ4n) is 3.05. The summed E-state index contributed by atoms with van der Waals surface area (Å²) in [5, 5.41) is 0. The molecule has 5 heteroatoms. The standard InChI is InChI=1S/C20H21NO4/c1-14(22)17-10-9-16(24-2)12-19(17)25-13-20(23)21-11-5-7-15-6-3-4-8-18(15)21/h3-4,6,8-10,12H,5,7,11,13H2,1-2H3. The van der Waals surface area contributed by atoms with Crippen molar-refractivity contribution in [2.24, 2.45) is 0 Å². The minimum atomic E-state index is -0.123. The molecule has 2 aromatic carbocycles. The van der Waals surface area contributed by atoms with Crippen molar-refractivity contribution in [3.8, 4) is 11.5 Å². The number of Topliss-reactive ketones (excluding diaryl/α,β-unsaturated/α-hetero) is 1. The highest BCUT2D eigenvalue weighted by atomic mass is 16.5. The van der Waals surface area contributed by atoms with Crippen LogP contribution in [0.1, 0.15) is 29.3 Å². The lowest BCUT2D eigenvalue weighted by Crippen LogP contribution is -2.38. The molecule has 1 amide bonds. The average Bonchev–Trinajstić information content (AvgIpc) is 2.65. The fraction of sp³-hybridized carbons (Fsp3) is 0.300. The van der Waals surface area contributed by atoms with E-state index in [1.165, 1.54) is 12.5 Å². The predicted molar refractivity (Wildman–Crippen MR) is 95.6 cm³/mol. The minimum Gasteiger partial charge on any atom is -0.497 e. The second-order valence-electron chi connectivity index (χ2n) is 5.98. The lowest BCUT2D eigenvalue weighted by atomic mass is 10.0. The van der Waals surface area contributed by atoms with Gasteiger partial charge in [-0.2, -0.15) is 0 Å². The summed E-state index contributed by atoms with van der Waals surface area (Å²) in [6.45, 7) is 2.02. The van der Waals surface area contributed by atoms with E-state index in [1.54, 1.807) is 30.2 Å². The highest BCUT2D eigenvalue weighted by molar-refractivity contribution is 5.98. The number of fused-ring (bicyclic) bond motifs is 1. The Morgan fingerprint density at radius 3 is 2.72 bits per heavy atom. The normalized spacial score (nSPS) is 13.1. The van der Waals surface area contributed by atoms with E-state index in [-0.39, 0.29) is 18.3 Å². The van der Waals surface area contributed by atoms with Crippen LogP contribution in [0.25, 0.3) is 0 Å². The molecule has 0 spiro atoms. The number of ether oxygens (including phenoxy) is 2. The molecule has 0 N–H and O–H groups in total. The molecule has 2 aromatic rings. The molecule has 0 radical (unpaired) electrons. The Balaban J connectivity index is 1.76. The van der Waals surface area contributed by atoms with Crippen LogP contribution in [0.4, 0.5) is 5.69 Å². The monoisotopic (exact) mass is 339 g/mol. The molecule has 130 valence electrons. The molecule has 5 nitrogen and oxygen atoms in total. The number of amides is 1. The number of benzene rings is 2. The van der Waals surface area contributed by atoms with E-state index in [4.69, 9.17) is 9.47 Å². The Morgan fingerprint density at radius 2 is 1.96 bits per heavy atom. The van der Waals surface area contributed by atoms with Gasteiger partial charge >= 0.3 is 0 Å². The molecule has 0 atom stereocenters. The Bertz CT molecular complexity index is 800. The van der Waals surface area contributed by atoms with Gasteiger partial charge < -0.3 is 14.4 Å². The van der Waals surface area contributed by atoms with Gasteiger partial charge in [0, 0.05) is 18.3 Å². The van der Waals surface area contributed by atoms with Crippen molar-refractivity contribution >= 4 is 17.4 Å². The number of nitrogens with zero attached hydrogens (tertiary/aromatic N) is 1. The zero-order chi connectivity index (χ0) is 17.8. The lowest BCUT2D eigenvalue weighted by molar-refractivity contribution is -0.120. The van der Waals surface area contributed by atoms with Crippen molar-refractivity contribution in [3.63, 3.8) is 0 Å². The van der Waals surface area contributed by atoms with Gasteiger partial charge in [-0.3, -0.25) is 9.59 Å².